The Balaban J connectivity index is 1.45. The van der Waals surface area contributed by atoms with E-state index in [0.717, 1.165) is 11.3 Å². The minimum absolute atomic E-state index is 0.0712. The minimum Gasteiger partial charge on any atom is -0.497 e. The second-order valence-electron chi connectivity index (χ2n) is 8.49. The molecule has 1 aromatic carbocycles. The summed E-state index contributed by atoms with van der Waals surface area (Å²) < 4.78 is 10.3. The molecule has 0 spiro atoms. The molecule has 2 aliphatic carbocycles. The van der Waals surface area contributed by atoms with E-state index in [9.17, 15) is 19.2 Å². The highest BCUT2D eigenvalue weighted by molar-refractivity contribution is 6.09. The average Bonchev–Trinajstić information content (AvgIpc) is 3.42. The van der Waals surface area contributed by atoms with E-state index in [4.69, 9.17) is 9.47 Å². The van der Waals surface area contributed by atoms with Crippen molar-refractivity contribution in [3.63, 3.8) is 0 Å². The molecule has 7 nitrogen and oxygen atoms in total. The van der Waals surface area contributed by atoms with Crippen LogP contribution in [0.15, 0.2) is 36.4 Å². The number of Topliss-reactive ketones (excluding diaryl/α,β-unsaturated/α-hetero) is 1. The van der Waals surface area contributed by atoms with Gasteiger partial charge in [0.1, 0.15) is 11.8 Å². The predicted molar refractivity (Wildman–Crippen MR) is 106 cm³/mol. The van der Waals surface area contributed by atoms with Gasteiger partial charge in [0.2, 0.25) is 11.8 Å². The lowest BCUT2D eigenvalue weighted by Gasteiger charge is -2.28. The van der Waals surface area contributed by atoms with Crippen LogP contribution in [-0.4, -0.2) is 48.2 Å². The van der Waals surface area contributed by atoms with Crippen LogP contribution in [0.4, 0.5) is 0 Å². The van der Waals surface area contributed by atoms with Gasteiger partial charge in [0.05, 0.1) is 18.9 Å². The van der Waals surface area contributed by atoms with Crippen LogP contribution < -0.4 is 4.74 Å². The molecule has 30 heavy (non-hydrogen) atoms. The molecule has 7 heteroatoms. The van der Waals surface area contributed by atoms with Crippen molar-refractivity contribution in [1.29, 1.82) is 0 Å². The Labute approximate surface area is 175 Å². The number of benzene rings is 1. The summed E-state index contributed by atoms with van der Waals surface area (Å²) in [6.45, 7) is 3.07. The third-order valence-electron chi connectivity index (χ3n) is 6.41. The maximum atomic E-state index is 13.0. The van der Waals surface area contributed by atoms with Crippen LogP contribution in [-0.2, 0) is 19.1 Å². The third kappa shape index (κ3) is 3.22. The maximum Gasteiger partial charge on any atom is 0.330 e. The number of likely N-dealkylation sites (tertiary alicyclic amines) is 1. The number of ketones is 1. The van der Waals surface area contributed by atoms with E-state index in [-0.39, 0.29) is 47.2 Å². The normalized spacial score (nSPS) is 27.5. The fourth-order valence-electron chi connectivity index (χ4n) is 4.96. The second-order valence-corrected chi connectivity index (χ2v) is 8.49. The number of carbonyl (C=O) groups is 4. The number of hydrogen-bond acceptors (Lipinski definition) is 6. The van der Waals surface area contributed by atoms with Crippen molar-refractivity contribution in [2.45, 2.75) is 26.3 Å². The molecule has 2 fully saturated rings. The molecule has 2 amide bonds. The molecule has 0 unspecified atom stereocenters. The molecule has 2 bridgehead atoms. The lowest BCUT2D eigenvalue weighted by molar-refractivity contribution is -0.160. The van der Waals surface area contributed by atoms with Crippen molar-refractivity contribution in [1.82, 2.24) is 4.90 Å². The van der Waals surface area contributed by atoms with Gasteiger partial charge >= 0.3 is 5.97 Å². The van der Waals surface area contributed by atoms with E-state index < -0.39 is 18.6 Å². The number of rotatable bonds is 7. The number of allylic oxidation sites excluding steroid dienone is 2. The number of hydrogen-bond donors (Lipinski definition) is 0. The Morgan fingerprint density at radius 3 is 2.10 bits per heavy atom. The highest BCUT2D eigenvalue weighted by Crippen LogP contribution is 2.53. The third-order valence-corrected chi connectivity index (χ3v) is 6.41. The molecule has 0 radical (unpaired) electrons. The highest BCUT2D eigenvalue weighted by atomic mass is 16.5. The van der Waals surface area contributed by atoms with Gasteiger partial charge in [0.15, 0.2) is 12.4 Å². The Hall–Kier alpha value is -2.96. The van der Waals surface area contributed by atoms with Crippen LogP contribution in [0.3, 0.4) is 0 Å². The zero-order valence-electron chi connectivity index (χ0n) is 17.2. The smallest absolute Gasteiger partial charge is 0.330 e. The minimum atomic E-state index is -1.03. The average molecular weight is 411 g/mol. The van der Waals surface area contributed by atoms with Crippen LogP contribution in [0.25, 0.3) is 0 Å². The Morgan fingerprint density at radius 2 is 1.60 bits per heavy atom. The molecular formula is C23H25NO6. The molecular weight excluding hydrogens is 386 g/mol. The number of ether oxygens (including phenoxy) is 2. The van der Waals surface area contributed by atoms with Gasteiger partial charge in [-0.2, -0.15) is 0 Å². The van der Waals surface area contributed by atoms with Gasteiger partial charge in [-0.3, -0.25) is 19.3 Å². The van der Waals surface area contributed by atoms with Gasteiger partial charge in [0, 0.05) is 5.56 Å². The summed E-state index contributed by atoms with van der Waals surface area (Å²) in [7, 11) is 1.53. The lowest BCUT2D eigenvalue weighted by Crippen LogP contribution is -2.50. The van der Waals surface area contributed by atoms with Crippen LogP contribution in [0.2, 0.25) is 0 Å². The zero-order chi connectivity index (χ0) is 21.6. The Morgan fingerprint density at radius 1 is 1.03 bits per heavy atom. The quantitative estimate of drug-likeness (QED) is 0.296. The van der Waals surface area contributed by atoms with Crippen LogP contribution in [0, 0.1) is 29.6 Å². The number of amides is 2. The summed E-state index contributed by atoms with van der Waals surface area (Å²) in [4.78, 5) is 52.4. The van der Waals surface area contributed by atoms with Crippen molar-refractivity contribution >= 4 is 23.6 Å². The first-order valence-corrected chi connectivity index (χ1v) is 10.2. The SMILES string of the molecule is COc1ccc(C(=O)COC(=O)[C@H](C(C)C)N2C(=O)[C@@H]3[C@H](C2=O)[C@H]2C=C[C@H]3C2)cc1. The summed E-state index contributed by atoms with van der Waals surface area (Å²) in [6.07, 6.45) is 4.85. The molecule has 0 aromatic heterocycles. The first-order chi connectivity index (χ1) is 14.3. The number of esters is 1. The number of fused-ring (bicyclic) bond motifs is 5. The maximum absolute atomic E-state index is 13.0. The van der Waals surface area contributed by atoms with E-state index in [0.29, 0.717) is 11.3 Å². The molecule has 158 valence electrons. The van der Waals surface area contributed by atoms with Gasteiger partial charge in [0.25, 0.3) is 0 Å². The van der Waals surface area contributed by atoms with Crippen molar-refractivity contribution in [3.05, 3.63) is 42.0 Å². The molecule has 1 heterocycles. The van der Waals surface area contributed by atoms with E-state index >= 15 is 0 Å². The molecule has 5 atom stereocenters. The first kappa shape index (κ1) is 20.3. The molecule has 1 saturated carbocycles. The topological polar surface area (TPSA) is 90.0 Å². The Kier molecular flexibility index (Phi) is 5.22. The lowest BCUT2D eigenvalue weighted by atomic mass is 9.85. The van der Waals surface area contributed by atoms with E-state index in [1.165, 1.54) is 7.11 Å². The standard InChI is InChI=1S/C23H25NO6/c1-12(2)20(23(28)30-11-17(25)13-6-8-16(29-3)9-7-13)24-21(26)18-14-4-5-15(10-14)19(18)22(24)27/h4-9,12,14-15,18-20H,10-11H2,1-3H3/t14-,15-,18-,19+,20-/m0/s1. The molecule has 4 rings (SSSR count). The summed E-state index contributed by atoms with van der Waals surface area (Å²) in [5.41, 5.74) is 0.384. The highest BCUT2D eigenvalue weighted by Gasteiger charge is 2.61. The van der Waals surface area contributed by atoms with E-state index in [1.54, 1.807) is 38.1 Å². The molecule has 1 aromatic rings. The summed E-state index contributed by atoms with van der Waals surface area (Å²) in [6, 6.07) is 5.45. The zero-order valence-corrected chi connectivity index (χ0v) is 17.2. The predicted octanol–water partition coefficient (Wildman–Crippen LogP) is 2.25. The van der Waals surface area contributed by atoms with Crippen LogP contribution in [0.1, 0.15) is 30.6 Å². The van der Waals surface area contributed by atoms with Gasteiger partial charge in [-0.1, -0.05) is 26.0 Å². The fourth-order valence-corrected chi connectivity index (χ4v) is 4.96. The van der Waals surface area contributed by atoms with Crippen LogP contribution >= 0.6 is 0 Å². The number of imide groups is 1. The molecule has 1 saturated heterocycles. The Bertz CT molecular complexity index is 888. The number of methoxy groups -OCH3 is 1. The molecule has 3 aliphatic rings. The largest absolute Gasteiger partial charge is 0.497 e. The number of nitrogens with zero attached hydrogens (tertiary/aromatic N) is 1. The van der Waals surface area contributed by atoms with Gasteiger partial charge in [-0.25, -0.2) is 4.79 Å². The summed E-state index contributed by atoms with van der Waals surface area (Å²) in [5.74, 6) is -2.00. The second kappa shape index (κ2) is 7.70. The van der Waals surface area contributed by atoms with Gasteiger partial charge in [-0.15, -0.1) is 0 Å². The first-order valence-electron chi connectivity index (χ1n) is 10.2. The van der Waals surface area contributed by atoms with Crippen molar-refractivity contribution in [2.24, 2.45) is 29.6 Å². The van der Waals surface area contributed by atoms with Gasteiger partial charge in [-0.05, 0) is 48.4 Å². The van der Waals surface area contributed by atoms with E-state index in [2.05, 4.69) is 0 Å². The van der Waals surface area contributed by atoms with E-state index in [1.807, 2.05) is 12.2 Å². The summed E-state index contributed by atoms with van der Waals surface area (Å²) in [5, 5.41) is 0. The molecule has 0 N–H and O–H groups in total. The van der Waals surface area contributed by atoms with Crippen molar-refractivity contribution < 1.29 is 28.7 Å². The fraction of sp³-hybridized carbons (Fsp3) is 0.478. The monoisotopic (exact) mass is 411 g/mol. The summed E-state index contributed by atoms with van der Waals surface area (Å²) >= 11 is 0. The van der Waals surface area contributed by atoms with Gasteiger partial charge < -0.3 is 9.47 Å². The van der Waals surface area contributed by atoms with Crippen molar-refractivity contribution in [2.75, 3.05) is 13.7 Å². The van der Waals surface area contributed by atoms with Crippen molar-refractivity contribution in [3.8, 4) is 5.75 Å². The number of carbonyl (C=O) groups excluding carboxylic acids is 4. The molecule has 1 aliphatic heterocycles. The van der Waals surface area contributed by atoms with Crippen LogP contribution in [0.5, 0.6) is 5.75 Å².